The Kier molecular flexibility index (Phi) is 4.96. The van der Waals surface area contributed by atoms with Gasteiger partial charge in [-0.25, -0.2) is 9.18 Å². The summed E-state index contributed by atoms with van der Waals surface area (Å²) in [6, 6.07) is 4.46. The number of benzene rings is 1. The maximum Gasteiger partial charge on any atom is 0.412 e. The predicted molar refractivity (Wildman–Crippen MR) is 86.6 cm³/mol. The Morgan fingerprint density at radius 2 is 2.00 bits per heavy atom. The van der Waals surface area contributed by atoms with Crippen molar-refractivity contribution in [3.63, 3.8) is 0 Å². The molecule has 0 saturated heterocycles. The van der Waals surface area contributed by atoms with E-state index in [-0.39, 0.29) is 6.10 Å². The summed E-state index contributed by atoms with van der Waals surface area (Å²) in [6.45, 7) is 5.27. The number of ether oxygens (including phenoxy) is 1. The number of rotatable bonds is 2. The third-order valence-corrected chi connectivity index (χ3v) is 4.00. The molecule has 1 aliphatic carbocycles. The van der Waals surface area contributed by atoms with E-state index in [1.807, 2.05) is 0 Å². The summed E-state index contributed by atoms with van der Waals surface area (Å²) in [5.74, 6) is -0.461. The zero-order valence-electron chi connectivity index (χ0n) is 13.9. The molecule has 4 N–H and O–H groups in total. The van der Waals surface area contributed by atoms with Crippen LogP contribution in [0.25, 0.3) is 0 Å². The van der Waals surface area contributed by atoms with E-state index in [0.29, 0.717) is 36.9 Å². The molecule has 5 nitrogen and oxygen atoms in total. The van der Waals surface area contributed by atoms with Crippen LogP contribution in [0.4, 0.5) is 14.9 Å². The first-order valence-electron chi connectivity index (χ1n) is 7.86. The highest BCUT2D eigenvalue weighted by molar-refractivity contribution is 5.84. The molecule has 1 amide bonds. The van der Waals surface area contributed by atoms with Gasteiger partial charge in [0.2, 0.25) is 0 Å². The zero-order valence-corrected chi connectivity index (χ0v) is 13.9. The van der Waals surface area contributed by atoms with Crippen molar-refractivity contribution < 1.29 is 19.0 Å². The number of halogens is 1. The van der Waals surface area contributed by atoms with Gasteiger partial charge >= 0.3 is 6.09 Å². The number of carbonyl (C=O) groups is 1. The molecule has 0 aromatic heterocycles. The maximum absolute atomic E-state index is 14.4. The second kappa shape index (κ2) is 6.45. The summed E-state index contributed by atoms with van der Waals surface area (Å²) in [5, 5.41) is 12.1. The van der Waals surface area contributed by atoms with Gasteiger partial charge in [0.05, 0.1) is 6.10 Å². The lowest BCUT2D eigenvalue weighted by Crippen LogP contribution is -2.42. The molecule has 128 valence electrons. The summed E-state index contributed by atoms with van der Waals surface area (Å²) in [4.78, 5) is 11.7. The lowest BCUT2D eigenvalue weighted by molar-refractivity contribution is 0.0636. The number of hydrogen-bond donors (Lipinski definition) is 3. The maximum atomic E-state index is 14.4. The number of amides is 1. The Morgan fingerprint density at radius 1 is 1.39 bits per heavy atom. The molecule has 23 heavy (non-hydrogen) atoms. The van der Waals surface area contributed by atoms with Crippen molar-refractivity contribution in [2.24, 2.45) is 5.73 Å². The van der Waals surface area contributed by atoms with Gasteiger partial charge in [0.1, 0.15) is 11.4 Å². The molecule has 0 aliphatic heterocycles. The van der Waals surface area contributed by atoms with E-state index in [1.165, 1.54) is 6.07 Å². The van der Waals surface area contributed by atoms with Crippen LogP contribution >= 0.6 is 0 Å². The van der Waals surface area contributed by atoms with Gasteiger partial charge in [0.15, 0.2) is 0 Å². The minimum Gasteiger partial charge on any atom is -0.444 e. The summed E-state index contributed by atoms with van der Waals surface area (Å²) < 4.78 is 19.6. The smallest absolute Gasteiger partial charge is 0.412 e. The summed E-state index contributed by atoms with van der Waals surface area (Å²) in [7, 11) is 0. The van der Waals surface area contributed by atoms with E-state index in [2.05, 4.69) is 5.32 Å². The normalized spacial score (nSPS) is 25.0. The SMILES string of the molecule is CC(C)(C)OC(=O)Nc1ccc(C2(N)CCC(O)CC2)c(F)c1. The van der Waals surface area contributed by atoms with Crippen molar-refractivity contribution in [2.75, 3.05) is 5.32 Å². The van der Waals surface area contributed by atoms with Gasteiger partial charge in [-0.1, -0.05) is 6.07 Å². The van der Waals surface area contributed by atoms with E-state index in [0.717, 1.165) is 0 Å². The highest BCUT2D eigenvalue weighted by Crippen LogP contribution is 2.36. The van der Waals surface area contributed by atoms with E-state index in [9.17, 15) is 14.3 Å². The van der Waals surface area contributed by atoms with Crippen LogP contribution in [0.15, 0.2) is 18.2 Å². The minimum atomic E-state index is -0.770. The number of carbonyl (C=O) groups excluding carboxylic acids is 1. The topological polar surface area (TPSA) is 84.6 Å². The van der Waals surface area contributed by atoms with Crippen molar-refractivity contribution in [3.05, 3.63) is 29.6 Å². The second-order valence-corrected chi connectivity index (χ2v) is 7.21. The van der Waals surface area contributed by atoms with Crippen LogP contribution in [0.5, 0.6) is 0 Å². The number of hydrogen-bond acceptors (Lipinski definition) is 4. The van der Waals surface area contributed by atoms with Crippen LogP contribution < -0.4 is 11.1 Å². The number of nitrogens with two attached hydrogens (primary N) is 1. The fourth-order valence-electron chi connectivity index (χ4n) is 2.81. The largest absolute Gasteiger partial charge is 0.444 e. The Balaban J connectivity index is 2.10. The summed E-state index contributed by atoms with van der Waals surface area (Å²) >= 11 is 0. The number of aliphatic hydroxyl groups is 1. The first-order chi connectivity index (χ1) is 10.6. The molecule has 2 rings (SSSR count). The van der Waals surface area contributed by atoms with Crippen LogP contribution in [0.1, 0.15) is 52.0 Å². The van der Waals surface area contributed by atoms with Crippen molar-refractivity contribution in [3.8, 4) is 0 Å². The van der Waals surface area contributed by atoms with Gasteiger partial charge < -0.3 is 15.6 Å². The van der Waals surface area contributed by atoms with E-state index >= 15 is 0 Å². The minimum absolute atomic E-state index is 0.319. The average molecular weight is 324 g/mol. The third kappa shape index (κ3) is 4.65. The van der Waals surface area contributed by atoms with E-state index in [4.69, 9.17) is 10.5 Å². The van der Waals surface area contributed by atoms with Crippen LogP contribution in [-0.2, 0) is 10.3 Å². The fraction of sp³-hybridized carbons (Fsp3) is 0.588. The first-order valence-corrected chi connectivity index (χ1v) is 7.86. The van der Waals surface area contributed by atoms with E-state index < -0.39 is 23.1 Å². The number of aliphatic hydroxyl groups excluding tert-OH is 1. The molecule has 0 unspecified atom stereocenters. The summed E-state index contributed by atoms with van der Waals surface area (Å²) in [6.07, 6.45) is 1.20. The molecule has 1 aromatic carbocycles. The number of nitrogens with one attached hydrogen (secondary N) is 1. The van der Waals surface area contributed by atoms with Crippen LogP contribution in [0.3, 0.4) is 0 Å². The summed E-state index contributed by atoms with van der Waals surface area (Å²) in [5.41, 5.74) is 5.66. The molecule has 0 atom stereocenters. The lowest BCUT2D eigenvalue weighted by atomic mass is 9.76. The van der Waals surface area contributed by atoms with Gasteiger partial charge in [-0.05, 0) is 58.6 Å². The van der Waals surface area contributed by atoms with Crippen molar-refractivity contribution in [1.29, 1.82) is 0 Å². The first kappa shape index (κ1) is 17.7. The van der Waals surface area contributed by atoms with Crippen molar-refractivity contribution in [1.82, 2.24) is 0 Å². The molecule has 0 spiro atoms. The lowest BCUT2D eigenvalue weighted by Gasteiger charge is -2.36. The molecular weight excluding hydrogens is 299 g/mol. The quantitative estimate of drug-likeness (QED) is 0.779. The van der Waals surface area contributed by atoms with Gasteiger partial charge in [-0.3, -0.25) is 5.32 Å². The molecule has 1 saturated carbocycles. The Morgan fingerprint density at radius 3 is 2.52 bits per heavy atom. The van der Waals surface area contributed by atoms with E-state index in [1.54, 1.807) is 32.9 Å². The highest BCUT2D eigenvalue weighted by Gasteiger charge is 2.34. The Labute approximate surface area is 136 Å². The second-order valence-electron chi connectivity index (χ2n) is 7.21. The standard InChI is InChI=1S/C17H25FN2O3/c1-16(2,3)23-15(22)20-11-4-5-13(14(18)10-11)17(19)8-6-12(21)7-9-17/h4-5,10,12,21H,6-9,19H2,1-3H3,(H,20,22). The Hall–Kier alpha value is -1.66. The monoisotopic (exact) mass is 324 g/mol. The molecule has 0 bridgehead atoms. The molecule has 1 aromatic rings. The molecule has 0 radical (unpaired) electrons. The van der Waals surface area contributed by atoms with Crippen LogP contribution in [-0.4, -0.2) is 22.9 Å². The van der Waals surface area contributed by atoms with Crippen molar-refractivity contribution >= 4 is 11.8 Å². The van der Waals surface area contributed by atoms with Crippen LogP contribution in [0.2, 0.25) is 0 Å². The van der Waals surface area contributed by atoms with Gasteiger partial charge in [0, 0.05) is 16.8 Å². The zero-order chi connectivity index (χ0) is 17.3. The van der Waals surface area contributed by atoms with Gasteiger partial charge in [-0.2, -0.15) is 0 Å². The third-order valence-electron chi connectivity index (χ3n) is 4.00. The molecule has 0 heterocycles. The van der Waals surface area contributed by atoms with Crippen LogP contribution in [0, 0.1) is 5.82 Å². The molecule has 1 aliphatic rings. The highest BCUT2D eigenvalue weighted by atomic mass is 19.1. The van der Waals surface area contributed by atoms with Crippen molar-refractivity contribution in [2.45, 2.75) is 63.7 Å². The molecule has 1 fully saturated rings. The van der Waals surface area contributed by atoms with Gasteiger partial charge in [0.25, 0.3) is 0 Å². The van der Waals surface area contributed by atoms with Gasteiger partial charge in [-0.15, -0.1) is 0 Å². The molecular formula is C17H25FN2O3. The predicted octanol–water partition coefficient (Wildman–Crippen LogP) is 3.26. The molecule has 6 heteroatoms. The Bertz CT molecular complexity index is 576. The average Bonchev–Trinajstić information content (AvgIpc) is 2.40. The fourth-order valence-corrected chi connectivity index (χ4v) is 2.81. The number of anilines is 1.